The van der Waals surface area contributed by atoms with Crippen molar-refractivity contribution >= 4 is 36.2 Å². The largest absolute Gasteiger partial charge is 0.496 e. The summed E-state index contributed by atoms with van der Waals surface area (Å²) in [5.74, 6) is 1.13. The molecule has 0 aromatic heterocycles. The van der Waals surface area contributed by atoms with E-state index in [1.165, 1.54) is 78.7 Å². The van der Waals surface area contributed by atoms with Gasteiger partial charge in [-0.2, -0.15) is 0 Å². The van der Waals surface area contributed by atoms with Gasteiger partial charge in [-0.05, 0) is 107 Å². The van der Waals surface area contributed by atoms with Gasteiger partial charge < -0.3 is 71.1 Å². The van der Waals surface area contributed by atoms with Gasteiger partial charge in [-0.15, -0.1) is 0 Å². The molecule has 3 aliphatic heterocycles. The van der Waals surface area contributed by atoms with Crippen molar-refractivity contribution in [1.29, 1.82) is 0 Å². The lowest BCUT2D eigenvalue weighted by atomic mass is 9.98. The van der Waals surface area contributed by atoms with E-state index in [9.17, 15) is 28.8 Å². The molecule has 24 heteroatoms. The van der Waals surface area contributed by atoms with Crippen molar-refractivity contribution in [3.8, 4) is 34.5 Å². The first-order valence-corrected chi connectivity index (χ1v) is 31.3. The zero-order valence-electron chi connectivity index (χ0n) is 58.0. The highest BCUT2D eigenvalue weighted by molar-refractivity contribution is 5.81. The summed E-state index contributed by atoms with van der Waals surface area (Å²) in [5, 5.41) is 0. The van der Waals surface area contributed by atoms with Crippen molar-refractivity contribution in [2.75, 3.05) is 64.0 Å². The average molecular weight is 1340 g/mol. The van der Waals surface area contributed by atoms with E-state index < -0.39 is 103 Å². The van der Waals surface area contributed by atoms with Crippen molar-refractivity contribution in [2.45, 2.75) is 135 Å². The molecular weight excluding hydrogens is 1250 g/mol. The summed E-state index contributed by atoms with van der Waals surface area (Å²) in [6, 6.07) is 41.2. The molecule has 3 heterocycles. The summed E-state index contributed by atoms with van der Waals surface area (Å²) >= 11 is 0. The number of esters is 3. The van der Waals surface area contributed by atoms with E-state index in [-0.39, 0.29) is 12.5 Å². The normalized spacial score (nSPS) is 20.4. The van der Waals surface area contributed by atoms with Crippen LogP contribution in [0.3, 0.4) is 0 Å². The topological polar surface area (TPSA) is 251 Å². The van der Waals surface area contributed by atoms with Crippen LogP contribution in [0.1, 0.15) is 126 Å². The second kappa shape index (κ2) is 33.7. The van der Waals surface area contributed by atoms with Crippen LogP contribution in [-0.4, -0.2) is 150 Å². The summed E-state index contributed by atoms with van der Waals surface area (Å²) in [7, 11) is 13.0. The van der Waals surface area contributed by atoms with Gasteiger partial charge >= 0.3 is 36.2 Å². The molecule has 0 bridgehead atoms. The third kappa shape index (κ3) is 17.8. The molecule has 9 rings (SSSR count). The zero-order valence-corrected chi connectivity index (χ0v) is 58.0. The van der Waals surface area contributed by atoms with E-state index in [0.717, 1.165) is 5.56 Å². The zero-order chi connectivity index (χ0) is 70.9. The number of carbonyl (C=O) groups is 6. The third-order valence-corrected chi connectivity index (χ3v) is 15.5. The lowest BCUT2D eigenvalue weighted by Gasteiger charge is -2.32. The molecule has 0 spiro atoms. The maximum absolute atomic E-state index is 13.6. The van der Waals surface area contributed by atoms with E-state index in [4.69, 9.17) is 71.1 Å². The van der Waals surface area contributed by atoms with Crippen LogP contribution in [0.15, 0.2) is 146 Å². The second-order valence-corrected chi connectivity index (χ2v) is 24.7. The Kier molecular flexibility index (Phi) is 26.0. The van der Waals surface area contributed by atoms with Crippen LogP contribution in [0, 0.1) is 5.92 Å². The Balaban J connectivity index is 0.000000206. The Morgan fingerprint density at radius 3 is 1.01 bits per heavy atom. The molecule has 3 fully saturated rings. The minimum atomic E-state index is -1.11. The molecule has 0 radical (unpaired) electrons. The fourth-order valence-corrected chi connectivity index (χ4v) is 11.4. The first-order chi connectivity index (χ1) is 46.3. The Labute approximate surface area is 566 Å². The van der Waals surface area contributed by atoms with Gasteiger partial charge in [0.1, 0.15) is 64.4 Å². The molecule has 3 amide bonds. The van der Waals surface area contributed by atoms with Gasteiger partial charge in [-0.3, -0.25) is 14.7 Å². The van der Waals surface area contributed by atoms with Crippen molar-refractivity contribution in [1.82, 2.24) is 14.7 Å². The quantitative estimate of drug-likeness (QED) is 0.0573. The minimum Gasteiger partial charge on any atom is -0.496 e. The number of ether oxygens (including phenoxy) is 15. The van der Waals surface area contributed by atoms with Gasteiger partial charge in [-0.25, -0.2) is 28.8 Å². The maximum atomic E-state index is 13.6. The third-order valence-electron chi connectivity index (χ3n) is 15.5. The summed E-state index contributed by atoms with van der Waals surface area (Å²) in [6.45, 7) is 14.8. The van der Waals surface area contributed by atoms with Crippen molar-refractivity contribution < 1.29 is 99.8 Å². The summed E-state index contributed by atoms with van der Waals surface area (Å²) in [4.78, 5) is 82.8. The predicted octanol–water partition coefficient (Wildman–Crippen LogP) is 12.8. The fraction of sp³-hybridized carbons (Fsp3) is 0.425. The molecular formula is C73H89N3O21. The van der Waals surface area contributed by atoms with Gasteiger partial charge in [0.25, 0.3) is 0 Å². The van der Waals surface area contributed by atoms with Gasteiger partial charge in [-0.1, -0.05) is 123 Å². The number of hydrogen-bond acceptors (Lipinski definition) is 21. The number of hydrogen-bond donors (Lipinski definition) is 0. The van der Waals surface area contributed by atoms with Gasteiger partial charge in [0.15, 0.2) is 37.0 Å². The first kappa shape index (κ1) is 74.6. The summed E-state index contributed by atoms with van der Waals surface area (Å²) < 4.78 is 83.9. The number of nitrogens with zero attached hydrogens (tertiary/aromatic N) is 3. The molecule has 9 atom stereocenters. The van der Waals surface area contributed by atoms with Crippen LogP contribution in [0.4, 0.5) is 14.4 Å². The molecule has 3 aliphatic rings. The van der Waals surface area contributed by atoms with Crippen LogP contribution in [0.2, 0.25) is 0 Å². The molecule has 522 valence electrons. The molecule has 3 saturated heterocycles. The SMILES string of the molecule is COC(=O)[C@@H]1OC(c2c(OC)cccc2OC)N(C(=O)OC(C)(C)C)[C@H]1CC(C)C.COC(=O)[C@@H]1OC(c2c(OC)cccc2OC)N(C(=O)OC(C)(C)C)[C@H]1c1ccccc1.COC(=O)[C@@H]1OC(c2c(OC)cccc2OC)N(C(=O)OCc2ccccc2)[C@H]1c1ccccc1. The van der Waals surface area contributed by atoms with E-state index in [2.05, 4.69) is 0 Å². The lowest BCUT2D eigenvalue weighted by molar-refractivity contribution is -0.154. The number of carbonyl (C=O) groups excluding carboxylic acids is 6. The number of amides is 3. The second-order valence-electron chi connectivity index (χ2n) is 24.7. The Hall–Kier alpha value is -9.78. The van der Waals surface area contributed by atoms with Crippen LogP contribution in [0.25, 0.3) is 0 Å². The van der Waals surface area contributed by atoms with E-state index >= 15 is 0 Å². The molecule has 3 unspecified atom stereocenters. The van der Waals surface area contributed by atoms with Crippen molar-refractivity contribution in [2.24, 2.45) is 5.92 Å². The molecule has 97 heavy (non-hydrogen) atoms. The van der Waals surface area contributed by atoms with Gasteiger partial charge in [0, 0.05) is 0 Å². The fourth-order valence-electron chi connectivity index (χ4n) is 11.4. The van der Waals surface area contributed by atoms with E-state index in [0.29, 0.717) is 68.7 Å². The standard InChI is InChI=1S/C27H27NO7.C24H29NO7.C22H33NO7/c1-31-20-15-10-16-21(32-2)22(20)25-28(27(30)34-17-18-11-6-4-7-12-18)23(19-13-8-5-9-14-19)24(35-25)26(29)33-3;1-24(2,3)32-23(27)25-19(15-11-8-7-9-12-15)20(22(26)30-6)31-21(25)18-16(28-4)13-10-14-17(18)29-5;1-13(2)12-14-18(20(24)28-8)29-19(23(14)21(25)30-22(3,4)5)17-15(26-6)10-9-11-16(17)27-7/h4-16,23-25H,17H2,1-3H3;7-14,19-21H,1-6H3;9-11,13-14,18-19H,12H2,1-8H3/t23-,24+,25?;19-,20+,21?;14-,18+,19?/m000/s1. The lowest BCUT2D eigenvalue weighted by Crippen LogP contribution is -2.46. The molecule has 24 nitrogen and oxygen atoms in total. The van der Waals surface area contributed by atoms with Crippen LogP contribution in [-0.2, 0) is 63.6 Å². The molecule has 0 N–H and O–H groups in total. The number of benzene rings is 6. The summed E-state index contributed by atoms with van der Waals surface area (Å²) in [5.41, 5.74) is 2.16. The Morgan fingerprint density at radius 2 is 0.691 bits per heavy atom. The molecule has 6 aromatic rings. The Morgan fingerprint density at radius 1 is 0.392 bits per heavy atom. The number of methoxy groups -OCH3 is 9. The molecule has 0 aliphatic carbocycles. The smallest absolute Gasteiger partial charge is 0.413 e. The monoisotopic (exact) mass is 1340 g/mol. The predicted molar refractivity (Wildman–Crippen MR) is 354 cm³/mol. The van der Waals surface area contributed by atoms with E-state index in [1.807, 2.05) is 105 Å². The molecule has 0 saturated carbocycles. The maximum Gasteiger partial charge on any atom is 0.413 e. The van der Waals surface area contributed by atoms with E-state index in [1.54, 1.807) is 96.1 Å². The van der Waals surface area contributed by atoms with Gasteiger partial charge in [0.2, 0.25) is 0 Å². The highest BCUT2D eigenvalue weighted by atomic mass is 16.6. The average Bonchev–Trinajstić information content (AvgIpc) is 1.63. The Bertz CT molecular complexity index is 3530. The number of rotatable bonds is 18. The molecule has 6 aromatic carbocycles. The van der Waals surface area contributed by atoms with Gasteiger partial charge in [0.05, 0.1) is 86.7 Å². The summed E-state index contributed by atoms with van der Waals surface area (Å²) in [6.07, 6.45) is -7.54. The van der Waals surface area contributed by atoms with Crippen LogP contribution in [0.5, 0.6) is 34.5 Å². The first-order valence-electron chi connectivity index (χ1n) is 31.3. The minimum absolute atomic E-state index is 0.0519. The van der Waals surface area contributed by atoms with Crippen molar-refractivity contribution in [3.05, 3.63) is 179 Å². The van der Waals surface area contributed by atoms with Crippen LogP contribution >= 0.6 is 0 Å². The highest BCUT2D eigenvalue weighted by Gasteiger charge is 2.56. The van der Waals surface area contributed by atoms with Crippen molar-refractivity contribution in [3.63, 3.8) is 0 Å². The van der Waals surface area contributed by atoms with Crippen LogP contribution < -0.4 is 28.4 Å². The highest BCUT2D eigenvalue weighted by Crippen LogP contribution is 2.52.